The molecule has 128 valence electrons. The summed E-state index contributed by atoms with van der Waals surface area (Å²) in [7, 11) is 0. The summed E-state index contributed by atoms with van der Waals surface area (Å²) in [6.07, 6.45) is -0.944. The van der Waals surface area contributed by atoms with Crippen molar-refractivity contribution < 1.29 is 19.4 Å². The second-order valence-electron chi connectivity index (χ2n) is 6.05. The van der Waals surface area contributed by atoms with E-state index in [1.165, 1.54) is 6.20 Å². The molecule has 0 atom stereocenters. The van der Waals surface area contributed by atoms with E-state index in [4.69, 9.17) is 4.74 Å². The Hall–Kier alpha value is -1.67. The van der Waals surface area contributed by atoms with Gasteiger partial charge in [0.25, 0.3) is 0 Å². The lowest BCUT2D eigenvalue weighted by atomic mass is 10.1. The van der Waals surface area contributed by atoms with Gasteiger partial charge in [0.2, 0.25) is 0 Å². The van der Waals surface area contributed by atoms with E-state index in [0.29, 0.717) is 14.7 Å². The van der Waals surface area contributed by atoms with E-state index in [9.17, 15) is 14.7 Å². The first-order chi connectivity index (χ1) is 11.1. The number of imide groups is 1. The zero-order valence-corrected chi connectivity index (χ0v) is 16.5. The minimum absolute atomic E-state index is 0.0315. The number of nitrogens with zero attached hydrogens (tertiary/aromatic N) is 2. The molecule has 2 amide bonds. The largest absolute Gasteiger partial charge is 0.464 e. The van der Waals surface area contributed by atoms with Gasteiger partial charge in [-0.05, 0) is 48.3 Å². The van der Waals surface area contributed by atoms with Crippen LogP contribution in [0.15, 0.2) is 28.9 Å². The molecule has 24 heavy (non-hydrogen) atoms. The molecule has 8 heteroatoms. The lowest BCUT2D eigenvalue weighted by molar-refractivity contribution is 0.0580. The first-order valence-electron chi connectivity index (χ1n) is 7.03. The molecule has 2 rings (SSSR count). The van der Waals surface area contributed by atoms with Crippen LogP contribution < -0.4 is 4.90 Å². The zero-order valence-electron chi connectivity index (χ0n) is 13.3. The molecule has 1 aromatic heterocycles. The number of carbonyl (C=O) groups is 2. The van der Waals surface area contributed by atoms with E-state index in [1.807, 2.05) is 18.2 Å². The summed E-state index contributed by atoms with van der Waals surface area (Å²) in [6, 6.07) is 5.72. The number of benzene rings is 1. The number of aromatic nitrogens is 1. The van der Waals surface area contributed by atoms with E-state index in [0.717, 1.165) is 16.3 Å². The van der Waals surface area contributed by atoms with Crippen LogP contribution >= 0.6 is 31.9 Å². The Morgan fingerprint density at radius 1 is 1.33 bits per heavy atom. The fourth-order valence-corrected chi connectivity index (χ4v) is 2.99. The molecule has 1 N–H and O–H groups in total. The smallest absolute Gasteiger partial charge is 0.425 e. The van der Waals surface area contributed by atoms with Gasteiger partial charge < -0.3 is 9.84 Å². The molecule has 6 nitrogen and oxygen atoms in total. The number of carbonyl (C=O) groups excluding carboxylic acids is 1. The molecule has 0 bridgehead atoms. The van der Waals surface area contributed by atoms with Crippen molar-refractivity contribution in [3.8, 4) is 0 Å². The molecule has 2 aromatic rings. The molecule has 0 aliphatic carbocycles. The van der Waals surface area contributed by atoms with Crippen molar-refractivity contribution in [2.24, 2.45) is 0 Å². The maximum atomic E-state index is 12.3. The number of hydrogen-bond donors (Lipinski definition) is 1. The fourth-order valence-electron chi connectivity index (χ4n) is 2.02. The van der Waals surface area contributed by atoms with Gasteiger partial charge in [0, 0.05) is 22.3 Å². The number of anilines is 1. The number of pyridine rings is 1. The molecule has 0 saturated carbocycles. The van der Waals surface area contributed by atoms with E-state index in [-0.39, 0.29) is 5.82 Å². The number of hydrogen-bond acceptors (Lipinski definition) is 4. The molecule has 0 aliphatic heterocycles. The lowest BCUT2D eigenvalue weighted by Crippen LogP contribution is -2.40. The van der Waals surface area contributed by atoms with Gasteiger partial charge in [0.05, 0.1) is 4.47 Å². The quantitative estimate of drug-likeness (QED) is 0.615. The standard InChI is InChI=1S/C16H16Br2N2O4/c1-16(2,3)24-15(23)20(14(21)22)13-12(18)11-6-9(7-17)4-5-10(11)8-19-13/h4-6,8H,7H2,1-3H3,(H,21,22). The second kappa shape index (κ2) is 7.06. The summed E-state index contributed by atoms with van der Waals surface area (Å²) in [4.78, 5) is 28.5. The predicted octanol–water partition coefficient (Wildman–Crippen LogP) is 5.31. The molecule has 0 unspecified atom stereocenters. The average Bonchev–Trinajstić information content (AvgIpc) is 2.47. The summed E-state index contributed by atoms with van der Waals surface area (Å²) in [5, 5.41) is 11.7. The van der Waals surface area contributed by atoms with Crippen molar-refractivity contribution in [2.75, 3.05) is 4.90 Å². The zero-order chi connectivity index (χ0) is 18.1. The maximum absolute atomic E-state index is 12.3. The van der Waals surface area contributed by atoms with Crippen LogP contribution in [0.4, 0.5) is 15.4 Å². The molecule has 1 heterocycles. The summed E-state index contributed by atoms with van der Waals surface area (Å²) in [5.74, 6) is -0.0315. The van der Waals surface area contributed by atoms with Gasteiger partial charge in [-0.2, -0.15) is 4.90 Å². The summed E-state index contributed by atoms with van der Waals surface area (Å²) in [5.41, 5.74) is 0.191. The summed E-state index contributed by atoms with van der Waals surface area (Å²) < 4.78 is 5.58. The molecule has 0 radical (unpaired) electrons. The Balaban J connectivity index is 2.56. The minimum atomic E-state index is -1.46. The van der Waals surface area contributed by atoms with Crippen molar-refractivity contribution in [2.45, 2.75) is 31.7 Å². The van der Waals surface area contributed by atoms with Crippen LogP contribution in [0.25, 0.3) is 10.8 Å². The normalized spacial score (nSPS) is 11.4. The SMILES string of the molecule is CC(C)(C)OC(=O)N(C(=O)O)c1ncc2ccc(CBr)cc2c1Br. The van der Waals surface area contributed by atoms with Crippen LogP contribution in [-0.2, 0) is 10.1 Å². The lowest BCUT2D eigenvalue weighted by Gasteiger charge is -2.24. The van der Waals surface area contributed by atoms with Crippen LogP contribution in [-0.4, -0.2) is 27.9 Å². The van der Waals surface area contributed by atoms with Crippen molar-refractivity contribution in [3.63, 3.8) is 0 Å². The fraction of sp³-hybridized carbons (Fsp3) is 0.312. The van der Waals surface area contributed by atoms with Crippen molar-refractivity contribution in [3.05, 3.63) is 34.4 Å². The minimum Gasteiger partial charge on any atom is -0.464 e. The van der Waals surface area contributed by atoms with Gasteiger partial charge in [-0.15, -0.1) is 0 Å². The van der Waals surface area contributed by atoms with Crippen LogP contribution in [0.5, 0.6) is 0 Å². The van der Waals surface area contributed by atoms with E-state index in [2.05, 4.69) is 36.8 Å². The van der Waals surface area contributed by atoms with Gasteiger partial charge >= 0.3 is 12.2 Å². The topological polar surface area (TPSA) is 79.7 Å². The van der Waals surface area contributed by atoms with E-state index in [1.54, 1.807) is 20.8 Å². The van der Waals surface area contributed by atoms with Crippen LogP contribution in [0.2, 0.25) is 0 Å². The Labute approximate surface area is 156 Å². The van der Waals surface area contributed by atoms with Gasteiger partial charge in [-0.1, -0.05) is 28.1 Å². The molecule has 0 saturated heterocycles. The number of carboxylic acid groups (broad SMARTS) is 1. The monoisotopic (exact) mass is 458 g/mol. The first-order valence-corrected chi connectivity index (χ1v) is 8.94. The third-order valence-corrected chi connectivity index (χ3v) is 4.44. The molecule has 1 aromatic carbocycles. The Morgan fingerprint density at radius 3 is 2.54 bits per heavy atom. The highest BCUT2D eigenvalue weighted by atomic mass is 79.9. The summed E-state index contributed by atoms with van der Waals surface area (Å²) >= 11 is 6.76. The van der Waals surface area contributed by atoms with Crippen molar-refractivity contribution in [1.82, 2.24) is 4.98 Å². The van der Waals surface area contributed by atoms with E-state index >= 15 is 0 Å². The van der Waals surface area contributed by atoms with Gasteiger partial charge in [0.15, 0.2) is 5.82 Å². The van der Waals surface area contributed by atoms with Crippen LogP contribution in [0.3, 0.4) is 0 Å². The Bertz CT molecular complexity index is 802. The molecular formula is C16H16Br2N2O4. The number of rotatable bonds is 2. The molecular weight excluding hydrogens is 444 g/mol. The Kier molecular flexibility index (Phi) is 5.49. The molecule has 0 spiro atoms. The van der Waals surface area contributed by atoms with E-state index < -0.39 is 17.8 Å². The molecule has 0 aliphatic rings. The third-order valence-electron chi connectivity index (χ3n) is 3.01. The maximum Gasteiger partial charge on any atom is 0.425 e. The van der Waals surface area contributed by atoms with Crippen LogP contribution in [0, 0.1) is 0 Å². The predicted molar refractivity (Wildman–Crippen MR) is 98.8 cm³/mol. The first kappa shape index (κ1) is 18.7. The van der Waals surface area contributed by atoms with Crippen molar-refractivity contribution >= 4 is 60.6 Å². The third kappa shape index (κ3) is 4.05. The number of amides is 2. The van der Waals surface area contributed by atoms with Gasteiger partial charge in [-0.3, -0.25) is 0 Å². The number of ether oxygens (including phenoxy) is 1. The highest BCUT2D eigenvalue weighted by Gasteiger charge is 2.31. The number of fused-ring (bicyclic) bond motifs is 1. The highest BCUT2D eigenvalue weighted by Crippen LogP contribution is 2.33. The molecule has 0 fully saturated rings. The number of alkyl halides is 1. The van der Waals surface area contributed by atoms with Crippen molar-refractivity contribution in [1.29, 1.82) is 0 Å². The van der Waals surface area contributed by atoms with Gasteiger partial charge in [-0.25, -0.2) is 14.6 Å². The Morgan fingerprint density at radius 2 is 2.00 bits per heavy atom. The number of halogens is 2. The summed E-state index contributed by atoms with van der Waals surface area (Å²) in [6.45, 7) is 4.99. The average molecular weight is 460 g/mol. The van der Waals surface area contributed by atoms with Gasteiger partial charge in [0.1, 0.15) is 5.60 Å². The second-order valence-corrected chi connectivity index (χ2v) is 7.40. The highest BCUT2D eigenvalue weighted by molar-refractivity contribution is 9.10. The van der Waals surface area contributed by atoms with Crippen LogP contribution in [0.1, 0.15) is 26.3 Å².